The molecule has 254 valence electrons. The fourth-order valence-electron chi connectivity index (χ4n) is 5.10. The number of para-hydroxylation sites is 1. The summed E-state index contributed by atoms with van der Waals surface area (Å²) in [4.78, 5) is 39.8. The van der Waals surface area contributed by atoms with Crippen LogP contribution < -0.4 is 35.9 Å². The van der Waals surface area contributed by atoms with Gasteiger partial charge in [-0.05, 0) is 53.6 Å². The van der Waals surface area contributed by atoms with E-state index in [0.29, 0.717) is 28.3 Å². The Morgan fingerprint density at radius 1 is 0.780 bits per heavy atom. The number of carbonyl (C=O) groups excluding carboxylic acids is 3. The second kappa shape index (κ2) is 16.5. The van der Waals surface area contributed by atoms with Crippen LogP contribution in [0, 0.1) is 5.41 Å². The van der Waals surface area contributed by atoms with E-state index in [2.05, 4.69) is 16.0 Å². The van der Waals surface area contributed by atoms with Gasteiger partial charge in [0.25, 0.3) is 5.91 Å². The van der Waals surface area contributed by atoms with Crippen LogP contribution in [-0.4, -0.2) is 30.7 Å². The molecule has 0 aliphatic carbocycles. The summed E-state index contributed by atoms with van der Waals surface area (Å²) in [6.45, 7) is 1.70. The molecule has 1 atom stereocenters. The quantitative estimate of drug-likeness (QED) is 0.0403. The molecule has 2 amide bonds. The minimum atomic E-state index is -1.07. The maximum Gasteiger partial charge on any atom is 0.308 e. The Kier molecular flexibility index (Phi) is 11.4. The van der Waals surface area contributed by atoms with Gasteiger partial charge in [-0.25, -0.2) is 0 Å². The lowest BCUT2D eigenvalue weighted by atomic mass is 10.0. The van der Waals surface area contributed by atoms with E-state index in [9.17, 15) is 14.4 Å². The van der Waals surface area contributed by atoms with Gasteiger partial charge in [0.2, 0.25) is 5.91 Å². The van der Waals surface area contributed by atoms with Crippen LogP contribution >= 0.6 is 0 Å². The van der Waals surface area contributed by atoms with Crippen molar-refractivity contribution in [3.8, 4) is 17.2 Å². The Morgan fingerprint density at radius 2 is 1.42 bits per heavy atom. The van der Waals surface area contributed by atoms with Crippen molar-refractivity contribution < 1.29 is 28.6 Å². The van der Waals surface area contributed by atoms with Crippen LogP contribution in [0.1, 0.15) is 45.6 Å². The molecular formula is C39H37N5O6. The van der Waals surface area contributed by atoms with Gasteiger partial charge in [-0.15, -0.1) is 0 Å². The summed E-state index contributed by atoms with van der Waals surface area (Å²) in [5.41, 5.74) is 9.23. The minimum absolute atomic E-state index is 0.0777. The van der Waals surface area contributed by atoms with Gasteiger partial charge in [-0.3, -0.25) is 19.8 Å². The third kappa shape index (κ3) is 9.04. The van der Waals surface area contributed by atoms with Gasteiger partial charge in [0.15, 0.2) is 11.5 Å². The third-order valence-electron chi connectivity index (χ3n) is 7.60. The highest BCUT2D eigenvalue weighted by Gasteiger charge is 2.28. The lowest BCUT2D eigenvalue weighted by Gasteiger charge is -2.25. The predicted molar refractivity (Wildman–Crippen MR) is 192 cm³/mol. The summed E-state index contributed by atoms with van der Waals surface area (Å²) in [6.07, 6.45) is 0. The number of nitrogens with two attached hydrogens (primary N) is 1. The summed E-state index contributed by atoms with van der Waals surface area (Å²) in [6, 6.07) is 34.3. The van der Waals surface area contributed by atoms with Crippen molar-refractivity contribution >= 4 is 35.0 Å². The number of rotatable bonds is 14. The molecule has 0 bridgehead atoms. The number of methoxy groups -OCH3 is 1. The van der Waals surface area contributed by atoms with Crippen LogP contribution in [-0.2, 0) is 22.7 Å². The molecule has 5 aromatic carbocycles. The van der Waals surface area contributed by atoms with Crippen LogP contribution in [0.2, 0.25) is 0 Å². The van der Waals surface area contributed by atoms with Crippen molar-refractivity contribution in [1.82, 2.24) is 5.32 Å². The molecule has 5 aromatic rings. The lowest BCUT2D eigenvalue weighted by molar-refractivity contribution is -0.132. The molecule has 0 aromatic heterocycles. The van der Waals surface area contributed by atoms with Gasteiger partial charge in [0, 0.05) is 36.3 Å². The number of nitrogens with one attached hydrogen (secondary N) is 4. The molecule has 11 nitrogen and oxygen atoms in total. The van der Waals surface area contributed by atoms with E-state index < -0.39 is 23.8 Å². The zero-order valence-electron chi connectivity index (χ0n) is 27.6. The molecule has 0 heterocycles. The first kappa shape index (κ1) is 34.7. The van der Waals surface area contributed by atoms with Gasteiger partial charge >= 0.3 is 5.97 Å². The van der Waals surface area contributed by atoms with Crippen LogP contribution in [0.3, 0.4) is 0 Å². The molecule has 0 spiro atoms. The first-order chi connectivity index (χ1) is 24.2. The Bertz CT molecular complexity index is 1970. The SMILES string of the molecule is COc1cc(C(Nc2ccc(C(=N)N)cc2)C(=O)NCc2ccccc2)c(NC(=O)c2ccccc2OC(C)=O)cc1OCc1ccccc1. The monoisotopic (exact) mass is 671 g/mol. The van der Waals surface area contributed by atoms with Gasteiger partial charge in [0.05, 0.1) is 18.4 Å². The fraction of sp³-hybridized carbons (Fsp3) is 0.128. The maximum atomic E-state index is 14.1. The first-order valence-corrected chi connectivity index (χ1v) is 15.7. The molecule has 0 saturated carbocycles. The molecule has 0 aliphatic heterocycles. The third-order valence-corrected chi connectivity index (χ3v) is 7.60. The van der Waals surface area contributed by atoms with Crippen molar-refractivity contribution in [2.45, 2.75) is 26.1 Å². The Labute approximate surface area is 289 Å². The van der Waals surface area contributed by atoms with Gasteiger partial charge < -0.3 is 35.9 Å². The number of nitrogen functional groups attached to an aromatic ring is 1. The van der Waals surface area contributed by atoms with Crippen LogP contribution in [0.15, 0.2) is 121 Å². The zero-order valence-corrected chi connectivity index (χ0v) is 27.6. The highest BCUT2D eigenvalue weighted by Crippen LogP contribution is 2.39. The second-order valence-electron chi connectivity index (χ2n) is 11.2. The number of amides is 2. The predicted octanol–water partition coefficient (Wildman–Crippen LogP) is 6.21. The number of benzene rings is 5. The van der Waals surface area contributed by atoms with Crippen LogP contribution in [0.4, 0.5) is 11.4 Å². The smallest absolute Gasteiger partial charge is 0.308 e. The average molecular weight is 672 g/mol. The molecule has 6 N–H and O–H groups in total. The largest absolute Gasteiger partial charge is 0.493 e. The molecule has 0 radical (unpaired) electrons. The minimum Gasteiger partial charge on any atom is -0.493 e. The normalized spacial score (nSPS) is 11.1. The number of amidine groups is 1. The van der Waals surface area contributed by atoms with Crippen molar-refractivity contribution in [3.05, 3.63) is 149 Å². The highest BCUT2D eigenvalue weighted by molar-refractivity contribution is 6.07. The molecular weight excluding hydrogens is 634 g/mol. The van der Waals surface area contributed by atoms with Crippen molar-refractivity contribution in [1.29, 1.82) is 5.41 Å². The van der Waals surface area contributed by atoms with Gasteiger partial charge in [-0.1, -0.05) is 72.8 Å². The molecule has 1 unspecified atom stereocenters. The Balaban J connectivity index is 1.58. The summed E-state index contributed by atoms with van der Waals surface area (Å²) in [5.74, 6) is -0.946. The van der Waals surface area contributed by atoms with E-state index in [4.69, 9.17) is 25.4 Å². The van der Waals surface area contributed by atoms with E-state index in [1.165, 1.54) is 26.2 Å². The number of hydrogen-bond donors (Lipinski definition) is 5. The molecule has 50 heavy (non-hydrogen) atoms. The maximum absolute atomic E-state index is 14.1. The number of esters is 1. The summed E-state index contributed by atoms with van der Waals surface area (Å²) < 4.78 is 17.2. The first-order valence-electron chi connectivity index (χ1n) is 15.7. The van der Waals surface area contributed by atoms with Gasteiger partial charge in [-0.2, -0.15) is 0 Å². The molecule has 0 saturated heterocycles. The van der Waals surface area contributed by atoms with Gasteiger partial charge in [0.1, 0.15) is 24.2 Å². The van der Waals surface area contributed by atoms with Crippen molar-refractivity contribution in [2.24, 2.45) is 5.73 Å². The lowest BCUT2D eigenvalue weighted by Crippen LogP contribution is -2.34. The summed E-state index contributed by atoms with van der Waals surface area (Å²) in [5, 5.41) is 16.9. The van der Waals surface area contributed by atoms with E-state index in [1.54, 1.807) is 48.5 Å². The Hall–Kier alpha value is -6.62. The average Bonchev–Trinajstić information content (AvgIpc) is 3.13. The van der Waals surface area contributed by atoms with E-state index in [0.717, 1.165) is 11.1 Å². The van der Waals surface area contributed by atoms with Crippen LogP contribution in [0.25, 0.3) is 0 Å². The number of carbonyl (C=O) groups is 3. The number of hydrogen-bond acceptors (Lipinski definition) is 8. The summed E-state index contributed by atoms with van der Waals surface area (Å²) >= 11 is 0. The van der Waals surface area contributed by atoms with E-state index >= 15 is 0 Å². The standard InChI is InChI=1S/C39H37N5O6/c1-25(45)50-33-16-10-9-15-30(33)38(46)44-32-22-35(49-24-27-13-7-4-8-14-27)34(48-2)21-31(32)36(39(47)42-23-26-11-5-3-6-12-26)43-29-19-17-28(18-20-29)37(40)41/h3-22,36,43H,23-24H2,1-2H3,(H3,40,41)(H,42,47)(H,44,46). The summed E-state index contributed by atoms with van der Waals surface area (Å²) in [7, 11) is 1.49. The number of anilines is 2. The van der Waals surface area contributed by atoms with Crippen LogP contribution in [0.5, 0.6) is 17.2 Å². The molecule has 5 rings (SSSR count). The number of ether oxygens (including phenoxy) is 3. The topological polar surface area (TPSA) is 165 Å². The second-order valence-corrected chi connectivity index (χ2v) is 11.2. The molecule has 0 aliphatic rings. The fourth-order valence-corrected chi connectivity index (χ4v) is 5.10. The molecule has 0 fully saturated rings. The van der Waals surface area contributed by atoms with E-state index in [-0.39, 0.29) is 36.0 Å². The van der Waals surface area contributed by atoms with Crippen molar-refractivity contribution in [2.75, 3.05) is 17.7 Å². The Morgan fingerprint density at radius 3 is 2.06 bits per heavy atom. The highest BCUT2D eigenvalue weighted by atomic mass is 16.5. The zero-order chi connectivity index (χ0) is 35.5. The van der Waals surface area contributed by atoms with E-state index in [1.807, 2.05) is 60.7 Å². The molecule has 11 heteroatoms. The van der Waals surface area contributed by atoms with Crippen molar-refractivity contribution in [3.63, 3.8) is 0 Å².